The van der Waals surface area contributed by atoms with E-state index in [4.69, 9.17) is 4.42 Å². The topological polar surface area (TPSA) is 80.4 Å². The molecule has 2 aromatic rings. The molecule has 28 heavy (non-hydrogen) atoms. The van der Waals surface area contributed by atoms with Crippen LogP contribution in [-0.2, 0) is 23.1 Å². The number of hydrogen-bond acceptors (Lipinski definition) is 4. The summed E-state index contributed by atoms with van der Waals surface area (Å²) in [4.78, 5) is 28.0. The molecule has 3 atom stereocenters. The number of hydrogen-bond donors (Lipinski definition) is 1. The lowest BCUT2D eigenvalue weighted by Gasteiger charge is -2.38. The molecule has 1 N–H and O–H groups in total. The number of nitrogens with one attached hydrogen (secondary N) is 1. The van der Waals surface area contributed by atoms with Gasteiger partial charge in [0.15, 0.2) is 0 Å². The molecule has 7 heteroatoms. The van der Waals surface area contributed by atoms with Crippen LogP contribution >= 0.6 is 0 Å². The van der Waals surface area contributed by atoms with Gasteiger partial charge in [0.1, 0.15) is 5.76 Å². The molecular formula is C21H28N4O3. The molecule has 0 bridgehead atoms. The van der Waals surface area contributed by atoms with Gasteiger partial charge in [-0.3, -0.25) is 14.3 Å². The summed E-state index contributed by atoms with van der Waals surface area (Å²) in [7, 11) is 1.85. The molecule has 2 aliphatic rings. The fourth-order valence-corrected chi connectivity index (χ4v) is 4.65. The van der Waals surface area contributed by atoms with Crippen LogP contribution in [0.3, 0.4) is 0 Å². The Bertz CT molecular complexity index is 892. The summed E-state index contributed by atoms with van der Waals surface area (Å²) in [6.45, 7) is 6.02. The van der Waals surface area contributed by atoms with E-state index in [-0.39, 0.29) is 35.9 Å². The molecule has 1 fully saturated rings. The molecule has 2 amide bonds. The molecule has 4 rings (SSSR count). The van der Waals surface area contributed by atoms with E-state index in [1.165, 1.54) is 0 Å². The number of fused-ring (bicyclic) bond motifs is 1. The number of rotatable bonds is 3. The predicted molar refractivity (Wildman–Crippen MR) is 103 cm³/mol. The number of nitrogens with zero attached hydrogens (tertiary/aromatic N) is 3. The van der Waals surface area contributed by atoms with Gasteiger partial charge in [-0.2, -0.15) is 5.10 Å². The van der Waals surface area contributed by atoms with E-state index in [0.717, 1.165) is 36.1 Å². The van der Waals surface area contributed by atoms with Crippen molar-refractivity contribution in [3.05, 3.63) is 41.6 Å². The van der Waals surface area contributed by atoms with Crippen LogP contribution < -0.4 is 5.32 Å². The van der Waals surface area contributed by atoms with E-state index in [9.17, 15) is 9.59 Å². The minimum Gasteiger partial charge on any atom is -0.469 e. The van der Waals surface area contributed by atoms with E-state index in [1.54, 1.807) is 17.1 Å². The summed E-state index contributed by atoms with van der Waals surface area (Å²) < 4.78 is 7.26. The number of carbonyl (C=O) groups is 2. The number of furan rings is 1. The second kappa shape index (κ2) is 6.79. The molecule has 0 spiro atoms. The van der Waals surface area contributed by atoms with Crippen LogP contribution in [0.5, 0.6) is 0 Å². The number of carbonyl (C=O) groups excluding carboxylic acids is 2. The van der Waals surface area contributed by atoms with Crippen molar-refractivity contribution in [2.24, 2.45) is 13.0 Å². The molecule has 1 saturated heterocycles. The molecule has 0 aromatic carbocycles. The zero-order chi connectivity index (χ0) is 20.1. The van der Waals surface area contributed by atoms with Gasteiger partial charge in [0.25, 0.3) is 0 Å². The predicted octanol–water partition coefficient (Wildman–Crippen LogP) is 2.90. The van der Waals surface area contributed by atoms with Gasteiger partial charge in [-0.1, -0.05) is 0 Å². The molecule has 2 aromatic heterocycles. The highest BCUT2D eigenvalue weighted by atomic mass is 16.3. The Hall–Kier alpha value is -2.57. The Kier molecular flexibility index (Phi) is 4.56. The lowest BCUT2D eigenvalue weighted by molar-refractivity contribution is -0.133. The average Bonchev–Trinajstić information content (AvgIpc) is 3.32. The summed E-state index contributed by atoms with van der Waals surface area (Å²) in [5, 5.41) is 7.47. The van der Waals surface area contributed by atoms with Crippen LogP contribution in [0.15, 0.2) is 29.1 Å². The number of amides is 2. The monoisotopic (exact) mass is 384 g/mol. The zero-order valence-electron chi connectivity index (χ0n) is 16.9. The van der Waals surface area contributed by atoms with Gasteiger partial charge in [-0.25, -0.2) is 0 Å². The van der Waals surface area contributed by atoms with Crippen LogP contribution in [0.4, 0.5) is 0 Å². The maximum absolute atomic E-state index is 13.3. The Balaban J connectivity index is 1.62. The van der Waals surface area contributed by atoms with Gasteiger partial charge in [-0.05, 0) is 39.7 Å². The quantitative estimate of drug-likeness (QED) is 0.882. The standard InChI is InChI=1S/C21H28N4O3/c1-21(2,3)25-18(26)10-15(19(25)13-11-22-24(4)12-13)20(27)23-16-6-5-7-17-14(16)8-9-28-17/h8-9,11-12,15-16,19H,5-7,10H2,1-4H3,(H,23,27)/t15-,16+,19-/m1/s1. The molecule has 0 saturated carbocycles. The van der Waals surface area contributed by atoms with Crippen LogP contribution in [0.2, 0.25) is 0 Å². The second-order valence-corrected chi connectivity index (χ2v) is 8.89. The van der Waals surface area contributed by atoms with Gasteiger partial charge in [0, 0.05) is 42.8 Å². The minimum atomic E-state index is -0.437. The lowest BCUT2D eigenvalue weighted by Crippen LogP contribution is -2.45. The summed E-state index contributed by atoms with van der Waals surface area (Å²) >= 11 is 0. The third kappa shape index (κ3) is 3.23. The summed E-state index contributed by atoms with van der Waals surface area (Å²) in [5.41, 5.74) is 1.58. The molecule has 0 unspecified atom stereocenters. The molecule has 1 aliphatic carbocycles. The van der Waals surface area contributed by atoms with Gasteiger partial charge < -0.3 is 14.6 Å². The van der Waals surface area contributed by atoms with Crippen LogP contribution in [0.1, 0.15) is 69.0 Å². The third-order valence-corrected chi connectivity index (χ3v) is 5.82. The fraction of sp³-hybridized carbons (Fsp3) is 0.571. The van der Waals surface area contributed by atoms with Crippen molar-refractivity contribution >= 4 is 11.8 Å². The zero-order valence-corrected chi connectivity index (χ0v) is 16.9. The Labute approximate surface area is 165 Å². The highest BCUT2D eigenvalue weighted by molar-refractivity contribution is 5.91. The molecule has 0 radical (unpaired) electrons. The smallest absolute Gasteiger partial charge is 0.226 e. The van der Waals surface area contributed by atoms with Crippen LogP contribution in [0.25, 0.3) is 0 Å². The molecule has 150 valence electrons. The first-order valence-electron chi connectivity index (χ1n) is 9.93. The van der Waals surface area contributed by atoms with Crippen molar-refractivity contribution in [1.29, 1.82) is 0 Å². The maximum atomic E-state index is 13.3. The summed E-state index contributed by atoms with van der Waals surface area (Å²) in [6, 6.07) is 1.58. The highest BCUT2D eigenvalue weighted by Crippen LogP contribution is 2.43. The van der Waals surface area contributed by atoms with E-state index < -0.39 is 5.92 Å². The molecular weight excluding hydrogens is 356 g/mol. The summed E-state index contributed by atoms with van der Waals surface area (Å²) in [6.07, 6.45) is 8.34. The van der Waals surface area contributed by atoms with Crippen molar-refractivity contribution < 1.29 is 14.0 Å². The number of aromatic nitrogens is 2. The Morgan fingerprint density at radius 2 is 2.14 bits per heavy atom. The Morgan fingerprint density at radius 3 is 2.82 bits per heavy atom. The van der Waals surface area contributed by atoms with Gasteiger partial charge in [0.2, 0.25) is 11.8 Å². The largest absolute Gasteiger partial charge is 0.469 e. The average molecular weight is 384 g/mol. The number of likely N-dealkylation sites (tertiary alicyclic amines) is 1. The third-order valence-electron chi connectivity index (χ3n) is 5.82. The first kappa shape index (κ1) is 18.8. The SMILES string of the molecule is Cn1cc([C@@H]2[C@H](C(=O)N[C@H]3CCCc4occc43)CC(=O)N2C(C)(C)C)cn1. The first-order valence-corrected chi connectivity index (χ1v) is 9.93. The van der Waals surface area contributed by atoms with E-state index in [0.29, 0.717) is 0 Å². The fourth-order valence-electron chi connectivity index (χ4n) is 4.65. The summed E-state index contributed by atoms with van der Waals surface area (Å²) in [5.74, 6) is 0.453. The van der Waals surface area contributed by atoms with Crippen molar-refractivity contribution in [1.82, 2.24) is 20.0 Å². The Morgan fingerprint density at radius 1 is 1.36 bits per heavy atom. The van der Waals surface area contributed by atoms with Crippen molar-refractivity contribution in [3.8, 4) is 0 Å². The van der Waals surface area contributed by atoms with Gasteiger partial charge >= 0.3 is 0 Å². The second-order valence-electron chi connectivity index (χ2n) is 8.89. The van der Waals surface area contributed by atoms with Gasteiger partial charge in [0.05, 0.1) is 30.5 Å². The van der Waals surface area contributed by atoms with Crippen molar-refractivity contribution in [3.63, 3.8) is 0 Å². The maximum Gasteiger partial charge on any atom is 0.226 e. The van der Waals surface area contributed by atoms with Crippen LogP contribution in [-0.4, -0.2) is 32.0 Å². The minimum absolute atomic E-state index is 0.00847. The normalized spacial score (nSPS) is 25.1. The van der Waals surface area contributed by atoms with Crippen molar-refractivity contribution in [2.45, 2.75) is 64.1 Å². The van der Waals surface area contributed by atoms with Gasteiger partial charge in [-0.15, -0.1) is 0 Å². The van der Waals surface area contributed by atoms with Crippen LogP contribution in [0, 0.1) is 5.92 Å². The highest BCUT2D eigenvalue weighted by Gasteiger charge is 2.49. The van der Waals surface area contributed by atoms with Crippen molar-refractivity contribution in [2.75, 3.05) is 0 Å². The van der Waals surface area contributed by atoms with E-state index in [1.807, 2.05) is 45.0 Å². The molecule has 1 aliphatic heterocycles. The van der Waals surface area contributed by atoms with E-state index >= 15 is 0 Å². The van der Waals surface area contributed by atoms with E-state index in [2.05, 4.69) is 10.4 Å². The number of aryl methyl sites for hydroxylation is 2. The first-order chi connectivity index (χ1) is 13.3. The lowest BCUT2D eigenvalue weighted by atomic mass is 9.90. The molecule has 7 nitrogen and oxygen atoms in total. The molecule has 3 heterocycles.